The van der Waals surface area contributed by atoms with E-state index < -0.39 is 0 Å². The van der Waals surface area contributed by atoms with E-state index in [0.717, 1.165) is 43.5 Å². The number of ether oxygens (including phenoxy) is 1. The molecule has 3 rings (SSSR count). The highest BCUT2D eigenvalue weighted by atomic mass is 32.1. The van der Waals surface area contributed by atoms with Crippen molar-refractivity contribution < 1.29 is 4.74 Å². The quantitative estimate of drug-likeness (QED) is 0.640. The van der Waals surface area contributed by atoms with Crippen LogP contribution < -0.4 is 10.1 Å². The average molecular weight is 373 g/mol. The second kappa shape index (κ2) is 8.54. The third-order valence-electron chi connectivity index (χ3n) is 4.78. The summed E-state index contributed by atoms with van der Waals surface area (Å²) in [6, 6.07) is 8.43. The lowest BCUT2D eigenvalue weighted by Crippen LogP contribution is -2.39. The predicted octanol–water partition coefficient (Wildman–Crippen LogP) is 3.84. The maximum absolute atomic E-state index is 5.25. The van der Waals surface area contributed by atoms with Gasteiger partial charge in [-0.3, -0.25) is 4.99 Å². The van der Waals surface area contributed by atoms with E-state index in [1.165, 1.54) is 10.6 Å². The summed E-state index contributed by atoms with van der Waals surface area (Å²) in [7, 11) is 3.55. The van der Waals surface area contributed by atoms with Crippen molar-refractivity contribution in [3.63, 3.8) is 0 Å². The molecule has 1 aliphatic rings. The van der Waals surface area contributed by atoms with Crippen molar-refractivity contribution in [2.75, 3.05) is 27.2 Å². The topological polar surface area (TPSA) is 49.8 Å². The lowest BCUT2D eigenvalue weighted by atomic mass is 9.98. The Bertz CT molecular complexity index is 739. The van der Waals surface area contributed by atoms with Crippen LogP contribution in [-0.4, -0.2) is 43.1 Å². The molecule has 0 amide bonds. The minimum atomic E-state index is 0.483. The fourth-order valence-electron chi connectivity index (χ4n) is 3.27. The van der Waals surface area contributed by atoms with Gasteiger partial charge < -0.3 is 15.0 Å². The van der Waals surface area contributed by atoms with Gasteiger partial charge in [0.1, 0.15) is 5.75 Å². The Labute approximate surface area is 160 Å². The molecule has 1 fully saturated rings. The predicted molar refractivity (Wildman–Crippen MR) is 108 cm³/mol. The second-order valence-electron chi connectivity index (χ2n) is 6.94. The lowest BCUT2D eigenvalue weighted by Gasteiger charge is -2.21. The minimum absolute atomic E-state index is 0.483. The number of aromatic nitrogens is 1. The van der Waals surface area contributed by atoms with Crippen LogP contribution in [0.1, 0.15) is 48.4 Å². The smallest absolute Gasteiger partial charge is 0.193 e. The molecule has 2 aromatic rings. The normalized spacial score (nSPS) is 17.8. The van der Waals surface area contributed by atoms with Gasteiger partial charge in [-0.1, -0.05) is 26.0 Å². The molecular weight excluding hydrogens is 344 g/mol. The molecule has 0 radical (unpaired) electrons. The summed E-state index contributed by atoms with van der Waals surface area (Å²) < 4.78 is 5.25. The van der Waals surface area contributed by atoms with Crippen molar-refractivity contribution in [1.29, 1.82) is 0 Å². The molecule has 0 aliphatic carbocycles. The zero-order valence-electron chi connectivity index (χ0n) is 16.0. The highest BCUT2D eigenvalue weighted by molar-refractivity contribution is 7.09. The van der Waals surface area contributed by atoms with Crippen molar-refractivity contribution in [3.8, 4) is 5.75 Å². The molecule has 1 aliphatic heterocycles. The molecule has 1 aromatic heterocycles. The molecular formula is C20H28N4OS. The van der Waals surface area contributed by atoms with Crippen LogP contribution in [0.2, 0.25) is 0 Å². The van der Waals surface area contributed by atoms with Crippen LogP contribution in [0.25, 0.3) is 0 Å². The first-order valence-electron chi connectivity index (χ1n) is 9.14. The maximum Gasteiger partial charge on any atom is 0.193 e. The number of guanidine groups is 1. The molecule has 1 aromatic carbocycles. The molecule has 0 spiro atoms. The van der Waals surface area contributed by atoms with E-state index in [-0.39, 0.29) is 0 Å². The van der Waals surface area contributed by atoms with Crippen molar-refractivity contribution in [3.05, 3.63) is 45.9 Å². The number of nitrogens with zero attached hydrogens (tertiary/aromatic N) is 3. The van der Waals surface area contributed by atoms with E-state index in [2.05, 4.69) is 46.6 Å². The van der Waals surface area contributed by atoms with Crippen molar-refractivity contribution in [2.45, 2.75) is 38.6 Å². The van der Waals surface area contributed by atoms with Gasteiger partial charge in [0, 0.05) is 37.4 Å². The first-order valence-corrected chi connectivity index (χ1v) is 10.0. The number of hydrogen-bond acceptors (Lipinski definition) is 4. The van der Waals surface area contributed by atoms with Gasteiger partial charge in [0.25, 0.3) is 0 Å². The fraction of sp³-hybridized carbons (Fsp3) is 0.500. The van der Waals surface area contributed by atoms with Crippen molar-refractivity contribution >= 4 is 17.3 Å². The Balaban J connectivity index is 1.56. The third kappa shape index (κ3) is 4.36. The van der Waals surface area contributed by atoms with Gasteiger partial charge >= 0.3 is 0 Å². The number of likely N-dealkylation sites (tertiary alicyclic amines) is 1. The molecule has 5 nitrogen and oxygen atoms in total. The fourth-order valence-corrected chi connectivity index (χ4v) is 4.11. The van der Waals surface area contributed by atoms with Crippen LogP contribution in [0.3, 0.4) is 0 Å². The first kappa shape index (κ1) is 18.7. The summed E-state index contributed by atoms with van der Waals surface area (Å²) >= 11 is 1.73. The molecule has 2 heterocycles. The summed E-state index contributed by atoms with van der Waals surface area (Å²) in [5, 5.41) is 6.80. The van der Waals surface area contributed by atoms with Crippen LogP contribution in [0, 0.1) is 0 Å². The standard InChI is InChI=1S/C20H28N4OS/c1-14(2)19-23-17(13-26-19)11-22-20(21-3)24-10-9-16(12-24)15-5-7-18(25-4)8-6-15/h5-8,13-14,16H,9-12H2,1-4H3,(H,21,22). The number of rotatable bonds is 5. The van der Waals surface area contributed by atoms with Gasteiger partial charge in [-0.05, 0) is 24.1 Å². The van der Waals surface area contributed by atoms with Gasteiger partial charge in [-0.2, -0.15) is 0 Å². The van der Waals surface area contributed by atoms with Crippen LogP contribution in [-0.2, 0) is 6.54 Å². The Morgan fingerprint density at radius 3 is 2.77 bits per heavy atom. The van der Waals surface area contributed by atoms with Crippen LogP contribution in [0.15, 0.2) is 34.6 Å². The second-order valence-corrected chi connectivity index (χ2v) is 7.83. The van der Waals surface area contributed by atoms with Gasteiger partial charge in [0.05, 0.1) is 24.4 Å². The molecule has 1 unspecified atom stereocenters. The average Bonchev–Trinajstić information content (AvgIpc) is 3.32. The van der Waals surface area contributed by atoms with Gasteiger partial charge in [0.2, 0.25) is 0 Å². The zero-order valence-corrected chi connectivity index (χ0v) is 16.8. The number of aliphatic imine (C=N–C) groups is 1. The molecule has 1 saturated heterocycles. The molecule has 6 heteroatoms. The summed E-state index contributed by atoms with van der Waals surface area (Å²) in [6.07, 6.45) is 1.14. The van der Waals surface area contributed by atoms with Gasteiger partial charge in [0.15, 0.2) is 5.96 Å². The monoisotopic (exact) mass is 372 g/mol. The van der Waals surface area contributed by atoms with Crippen LogP contribution in [0.4, 0.5) is 0 Å². The van der Waals surface area contributed by atoms with Crippen LogP contribution >= 0.6 is 11.3 Å². The van der Waals surface area contributed by atoms with Crippen molar-refractivity contribution in [1.82, 2.24) is 15.2 Å². The van der Waals surface area contributed by atoms with Crippen molar-refractivity contribution in [2.24, 2.45) is 4.99 Å². The molecule has 26 heavy (non-hydrogen) atoms. The molecule has 0 bridgehead atoms. The van der Waals surface area contributed by atoms with E-state index in [1.54, 1.807) is 18.4 Å². The van der Waals surface area contributed by atoms with Crippen LogP contribution in [0.5, 0.6) is 5.75 Å². The van der Waals surface area contributed by atoms with E-state index >= 15 is 0 Å². The first-order chi connectivity index (χ1) is 12.6. The number of methoxy groups -OCH3 is 1. The number of hydrogen-bond donors (Lipinski definition) is 1. The zero-order chi connectivity index (χ0) is 18.5. The number of nitrogens with one attached hydrogen (secondary N) is 1. The molecule has 1 atom stereocenters. The van der Waals surface area contributed by atoms with E-state index in [4.69, 9.17) is 9.72 Å². The Morgan fingerprint density at radius 1 is 1.38 bits per heavy atom. The Morgan fingerprint density at radius 2 is 2.15 bits per heavy atom. The summed E-state index contributed by atoms with van der Waals surface area (Å²) in [6.45, 7) is 7.08. The third-order valence-corrected chi connectivity index (χ3v) is 5.97. The Hall–Kier alpha value is -2.08. The van der Waals surface area contributed by atoms with Gasteiger partial charge in [-0.25, -0.2) is 4.98 Å². The number of benzene rings is 1. The Kier molecular flexibility index (Phi) is 6.14. The van der Waals surface area contributed by atoms with Gasteiger partial charge in [-0.15, -0.1) is 11.3 Å². The molecule has 1 N–H and O–H groups in total. The number of thiazole rings is 1. The molecule has 0 saturated carbocycles. The summed E-state index contributed by atoms with van der Waals surface area (Å²) in [5.41, 5.74) is 2.45. The van der Waals surface area contributed by atoms with E-state index in [0.29, 0.717) is 11.8 Å². The largest absolute Gasteiger partial charge is 0.497 e. The van der Waals surface area contributed by atoms with E-state index in [9.17, 15) is 0 Å². The lowest BCUT2D eigenvalue weighted by molar-refractivity contribution is 0.414. The SMILES string of the molecule is CN=C(NCc1csc(C(C)C)n1)N1CCC(c2ccc(OC)cc2)C1. The summed E-state index contributed by atoms with van der Waals surface area (Å²) in [5.74, 6) is 2.88. The van der Waals surface area contributed by atoms with E-state index in [1.807, 2.05) is 19.2 Å². The maximum atomic E-state index is 5.25. The summed E-state index contributed by atoms with van der Waals surface area (Å²) in [4.78, 5) is 11.5. The highest BCUT2D eigenvalue weighted by Crippen LogP contribution is 2.28. The molecule has 140 valence electrons. The highest BCUT2D eigenvalue weighted by Gasteiger charge is 2.26. The minimum Gasteiger partial charge on any atom is -0.497 e.